The number of benzene rings is 2. The van der Waals surface area contributed by atoms with Gasteiger partial charge >= 0.3 is 0 Å². The van der Waals surface area contributed by atoms with E-state index in [2.05, 4.69) is 82.0 Å². The third kappa shape index (κ3) is 1.95. The number of hydrogen-bond acceptors (Lipinski definition) is 0. The quantitative estimate of drug-likeness (QED) is 0.505. The minimum Gasteiger partial charge on any atom is -0.109 e. The van der Waals surface area contributed by atoms with Gasteiger partial charge in [0.25, 0.3) is 0 Å². The topological polar surface area (TPSA) is 0 Å². The van der Waals surface area contributed by atoms with Gasteiger partial charge < -0.3 is 0 Å². The van der Waals surface area contributed by atoms with Crippen molar-refractivity contribution in [2.24, 2.45) is 0 Å². The summed E-state index contributed by atoms with van der Waals surface area (Å²) in [5.41, 5.74) is 14.7. The van der Waals surface area contributed by atoms with Gasteiger partial charge in [-0.15, -0.1) is 5.73 Å². The molecule has 0 atom stereocenters. The van der Waals surface area contributed by atoms with Gasteiger partial charge in [-0.3, -0.25) is 0 Å². The van der Waals surface area contributed by atoms with Crippen LogP contribution in [-0.2, 0) is 5.41 Å². The summed E-state index contributed by atoms with van der Waals surface area (Å²) in [6.07, 6.45) is 10.1. The van der Waals surface area contributed by atoms with Crippen LogP contribution in [0.15, 0.2) is 59.9 Å². The van der Waals surface area contributed by atoms with Crippen molar-refractivity contribution in [2.75, 3.05) is 0 Å². The van der Waals surface area contributed by atoms with Crippen molar-refractivity contribution >= 4 is 27.5 Å². The molecule has 0 amide bonds. The van der Waals surface area contributed by atoms with Crippen molar-refractivity contribution in [3.63, 3.8) is 0 Å². The van der Waals surface area contributed by atoms with Crippen molar-refractivity contribution in [1.82, 2.24) is 0 Å². The van der Waals surface area contributed by atoms with Crippen molar-refractivity contribution in [3.8, 4) is 0 Å². The fourth-order valence-electron chi connectivity index (χ4n) is 4.49. The monoisotopic (exact) mass is 322 g/mol. The van der Waals surface area contributed by atoms with E-state index in [1.54, 1.807) is 0 Å². The van der Waals surface area contributed by atoms with Crippen LogP contribution < -0.4 is 0 Å². The predicted octanol–water partition coefficient (Wildman–Crippen LogP) is 6.82. The molecule has 2 aromatic carbocycles. The van der Waals surface area contributed by atoms with Gasteiger partial charge in [0.05, 0.1) is 0 Å². The Morgan fingerprint density at radius 1 is 1.00 bits per heavy atom. The average molecular weight is 322 g/mol. The smallest absolute Gasteiger partial charge is 0.0249 e. The zero-order valence-corrected chi connectivity index (χ0v) is 15.3. The summed E-state index contributed by atoms with van der Waals surface area (Å²) in [7, 11) is 0. The fraction of sp³-hybridized carbons (Fsp3) is 0.240. The minimum atomic E-state index is 0.0877. The maximum Gasteiger partial charge on any atom is 0.0249 e. The normalized spacial score (nSPS) is 17.6. The van der Waals surface area contributed by atoms with Crippen molar-refractivity contribution in [2.45, 2.75) is 39.5 Å². The van der Waals surface area contributed by atoms with E-state index in [1.165, 1.54) is 55.3 Å². The minimum absolute atomic E-state index is 0.0877. The number of rotatable bonds is 1. The molecule has 122 valence electrons. The Hall–Kier alpha value is -2.56. The van der Waals surface area contributed by atoms with Gasteiger partial charge in [-0.05, 0) is 75.1 Å². The van der Waals surface area contributed by atoms with E-state index in [1.807, 2.05) is 0 Å². The van der Waals surface area contributed by atoms with Crippen LogP contribution in [0.3, 0.4) is 0 Å². The first kappa shape index (κ1) is 14.8. The first-order valence-corrected chi connectivity index (χ1v) is 9.12. The van der Waals surface area contributed by atoms with Gasteiger partial charge in [0.2, 0.25) is 0 Å². The maximum absolute atomic E-state index is 3.58. The zero-order valence-electron chi connectivity index (χ0n) is 15.3. The molecule has 0 fully saturated rings. The van der Waals surface area contributed by atoms with Gasteiger partial charge in [0, 0.05) is 11.1 Å². The molecule has 3 aliphatic rings. The van der Waals surface area contributed by atoms with Crippen LogP contribution >= 0.6 is 0 Å². The Labute approximate surface area is 149 Å². The molecular formula is C25H22. The Bertz CT molecular complexity index is 1110. The Kier molecular flexibility index (Phi) is 2.80. The third-order valence-electron chi connectivity index (χ3n) is 5.62. The Morgan fingerprint density at radius 2 is 1.84 bits per heavy atom. The first-order chi connectivity index (χ1) is 11.9. The van der Waals surface area contributed by atoms with E-state index in [4.69, 9.17) is 0 Å². The lowest BCUT2D eigenvalue weighted by Crippen LogP contribution is -2.15. The van der Waals surface area contributed by atoms with Crippen molar-refractivity contribution < 1.29 is 0 Å². The molecule has 3 aliphatic carbocycles. The third-order valence-corrected chi connectivity index (χ3v) is 5.62. The summed E-state index contributed by atoms with van der Waals surface area (Å²) < 4.78 is 0. The highest BCUT2D eigenvalue weighted by Crippen LogP contribution is 2.50. The summed E-state index contributed by atoms with van der Waals surface area (Å²) in [6.45, 7) is 9.09. The van der Waals surface area contributed by atoms with E-state index in [-0.39, 0.29) is 5.41 Å². The lowest BCUT2D eigenvalue weighted by molar-refractivity contribution is 0.589. The summed E-state index contributed by atoms with van der Waals surface area (Å²) in [6, 6.07) is 9.27. The van der Waals surface area contributed by atoms with Crippen LogP contribution in [0.2, 0.25) is 0 Å². The van der Waals surface area contributed by atoms with Crippen LogP contribution in [0.4, 0.5) is 0 Å². The van der Waals surface area contributed by atoms with Crippen LogP contribution in [-0.4, -0.2) is 0 Å². The van der Waals surface area contributed by atoms with Gasteiger partial charge in [0.1, 0.15) is 0 Å². The standard InChI is InChI=1S/C25H22/c1-15-11-12-16(13-15)23-20-10-6-9-19-17-7-5-8-18(17)21(24(19)20)14-22(23)25(2,3)4/h5-7,9-12,14H,8H2,1-4H3. The molecule has 2 aromatic rings. The summed E-state index contributed by atoms with van der Waals surface area (Å²) >= 11 is 0. The van der Waals surface area contributed by atoms with Crippen molar-refractivity contribution in [1.29, 1.82) is 0 Å². The molecule has 0 saturated carbocycles. The van der Waals surface area contributed by atoms with Gasteiger partial charge in [-0.25, -0.2) is 0 Å². The molecule has 0 spiro atoms. The molecule has 0 aliphatic heterocycles. The van der Waals surface area contributed by atoms with Crippen LogP contribution in [0.25, 0.3) is 27.5 Å². The molecule has 0 radical (unpaired) electrons. The summed E-state index contributed by atoms with van der Waals surface area (Å²) in [4.78, 5) is 0. The molecule has 0 saturated heterocycles. The van der Waals surface area contributed by atoms with E-state index in [9.17, 15) is 0 Å². The van der Waals surface area contributed by atoms with E-state index in [0.717, 1.165) is 6.42 Å². The lowest BCUT2D eigenvalue weighted by Gasteiger charge is -2.26. The summed E-state index contributed by atoms with van der Waals surface area (Å²) in [5, 5.41) is 2.82. The maximum atomic E-state index is 3.58. The molecule has 0 aromatic heterocycles. The largest absolute Gasteiger partial charge is 0.109 e. The van der Waals surface area contributed by atoms with E-state index in [0.29, 0.717) is 0 Å². The molecule has 0 heterocycles. The molecule has 0 heteroatoms. The first-order valence-electron chi connectivity index (χ1n) is 9.12. The lowest BCUT2D eigenvalue weighted by atomic mass is 9.78. The second kappa shape index (κ2) is 4.75. The van der Waals surface area contributed by atoms with Crippen LogP contribution in [0.1, 0.15) is 56.4 Å². The molecule has 0 unspecified atom stereocenters. The molecule has 0 bridgehead atoms. The van der Waals surface area contributed by atoms with Gasteiger partial charge in [-0.1, -0.05) is 57.2 Å². The number of hydrogen-bond donors (Lipinski definition) is 0. The highest BCUT2D eigenvalue weighted by atomic mass is 14.3. The number of fused-ring (bicyclic) bond motifs is 2. The van der Waals surface area contributed by atoms with E-state index >= 15 is 0 Å². The molecule has 0 nitrogen and oxygen atoms in total. The highest BCUT2D eigenvalue weighted by molar-refractivity contribution is 6.19. The van der Waals surface area contributed by atoms with Gasteiger partial charge in [0.15, 0.2) is 0 Å². The Balaban J connectivity index is 1.96. The molecule has 0 N–H and O–H groups in total. The molecule has 5 rings (SSSR count). The SMILES string of the molecule is CC1=C=C(c2c(C(C)(C)C)cc3c4c(cccc24)C2=C3CC=C2)C=C1. The van der Waals surface area contributed by atoms with Crippen LogP contribution in [0.5, 0.6) is 0 Å². The van der Waals surface area contributed by atoms with Gasteiger partial charge in [-0.2, -0.15) is 0 Å². The molecular weight excluding hydrogens is 300 g/mol. The highest BCUT2D eigenvalue weighted by Gasteiger charge is 2.30. The summed E-state index contributed by atoms with van der Waals surface area (Å²) in [5.74, 6) is 0. The molecule has 25 heavy (non-hydrogen) atoms. The van der Waals surface area contributed by atoms with Crippen molar-refractivity contribution in [3.05, 3.63) is 82.1 Å². The number of allylic oxidation sites excluding steroid dienone is 7. The fourth-order valence-corrected chi connectivity index (χ4v) is 4.49. The average Bonchev–Trinajstić information content (AvgIpc) is 3.25. The second-order valence-electron chi connectivity index (χ2n) is 8.38. The Morgan fingerprint density at radius 3 is 2.56 bits per heavy atom. The second-order valence-corrected chi connectivity index (χ2v) is 8.38. The zero-order chi connectivity index (χ0) is 17.3. The van der Waals surface area contributed by atoms with E-state index < -0.39 is 0 Å². The predicted molar refractivity (Wildman–Crippen MR) is 108 cm³/mol. The van der Waals surface area contributed by atoms with Crippen LogP contribution in [0, 0.1) is 0 Å².